The summed E-state index contributed by atoms with van der Waals surface area (Å²) in [6.45, 7) is 6.11. The zero-order valence-electron chi connectivity index (χ0n) is 16.5. The van der Waals surface area contributed by atoms with Gasteiger partial charge in [-0.25, -0.2) is 0 Å². The van der Waals surface area contributed by atoms with E-state index in [0.29, 0.717) is 5.92 Å². The van der Waals surface area contributed by atoms with Crippen molar-refractivity contribution >= 4 is 11.8 Å². The van der Waals surface area contributed by atoms with Crippen LogP contribution in [0.1, 0.15) is 42.3 Å². The predicted molar refractivity (Wildman–Crippen MR) is 111 cm³/mol. The number of nitrogens with zero attached hydrogens (tertiary/aromatic N) is 5. The molecule has 1 aromatic carbocycles. The quantitative estimate of drug-likeness (QED) is 0.546. The highest BCUT2D eigenvalue weighted by atomic mass is 32.2. The Bertz CT molecular complexity index is 843. The first kappa shape index (κ1) is 19.6. The maximum Gasteiger partial charge on any atom is 0.191 e. The third-order valence-electron chi connectivity index (χ3n) is 4.55. The van der Waals surface area contributed by atoms with Crippen LogP contribution in [0.5, 0.6) is 0 Å². The van der Waals surface area contributed by atoms with Gasteiger partial charge in [-0.15, -0.1) is 10.2 Å². The summed E-state index contributed by atoms with van der Waals surface area (Å²) in [5.41, 5.74) is 3.93. The Balaban J connectivity index is 1.56. The van der Waals surface area contributed by atoms with Crippen LogP contribution in [0.15, 0.2) is 53.9 Å². The summed E-state index contributed by atoms with van der Waals surface area (Å²) in [7, 11) is 4.16. The Labute approximate surface area is 165 Å². The van der Waals surface area contributed by atoms with Gasteiger partial charge in [0.2, 0.25) is 0 Å². The molecule has 3 aromatic rings. The van der Waals surface area contributed by atoms with Crippen molar-refractivity contribution in [2.24, 2.45) is 7.05 Å². The van der Waals surface area contributed by atoms with Crippen LogP contribution in [0.2, 0.25) is 0 Å². The van der Waals surface area contributed by atoms with Crippen LogP contribution < -0.4 is 0 Å². The fraction of sp³-hybridized carbons (Fsp3) is 0.381. The molecule has 142 valence electrons. The third kappa shape index (κ3) is 5.40. The molecule has 0 aliphatic carbocycles. The maximum atomic E-state index is 4.39. The summed E-state index contributed by atoms with van der Waals surface area (Å²) in [5, 5.41) is 9.68. The van der Waals surface area contributed by atoms with Gasteiger partial charge in [-0.05, 0) is 41.8 Å². The normalized spacial score (nSPS) is 11.5. The van der Waals surface area contributed by atoms with Crippen LogP contribution in [0.3, 0.4) is 0 Å². The van der Waals surface area contributed by atoms with Gasteiger partial charge in [0.05, 0.1) is 6.54 Å². The Morgan fingerprint density at radius 3 is 2.33 bits per heavy atom. The molecule has 2 aromatic heterocycles. The number of pyridine rings is 1. The molecule has 0 fully saturated rings. The molecule has 0 saturated heterocycles. The van der Waals surface area contributed by atoms with Crippen LogP contribution in [0, 0.1) is 0 Å². The molecule has 0 amide bonds. The first-order valence-electron chi connectivity index (χ1n) is 9.20. The average Bonchev–Trinajstić information content (AvgIpc) is 3.01. The maximum absolute atomic E-state index is 4.39. The van der Waals surface area contributed by atoms with E-state index < -0.39 is 0 Å². The molecule has 0 radical (unpaired) electrons. The first-order valence-corrected chi connectivity index (χ1v) is 10.2. The fourth-order valence-corrected chi connectivity index (χ4v) is 3.74. The molecule has 0 unspecified atom stereocenters. The molecule has 27 heavy (non-hydrogen) atoms. The second kappa shape index (κ2) is 9.15. The van der Waals surface area contributed by atoms with Gasteiger partial charge >= 0.3 is 0 Å². The second-order valence-electron chi connectivity index (χ2n) is 7.17. The van der Waals surface area contributed by atoms with Gasteiger partial charge in [0, 0.05) is 31.7 Å². The van der Waals surface area contributed by atoms with Gasteiger partial charge in [-0.2, -0.15) is 0 Å². The fourth-order valence-electron chi connectivity index (χ4n) is 2.85. The van der Waals surface area contributed by atoms with Crippen molar-refractivity contribution in [1.82, 2.24) is 24.6 Å². The van der Waals surface area contributed by atoms with Crippen molar-refractivity contribution < 1.29 is 0 Å². The van der Waals surface area contributed by atoms with E-state index in [-0.39, 0.29) is 0 Å². The van der Waals surface area contributed by atoms with E-state index in [0.717, 1.165) is 29.8 Å². The van der Waals surface area contributed by atoms with Crippen molar-refractivity contribution in [2.45, 2.75) is 43.8 Å². The molecule has 0 N–H and O–H groups in total. The van der Waals surface area contributed by atoms with Crippen LogP contribution in [-0.4, -0.2) is 31.7 Å². The largest absolute Gasteiger partial charge is 0.308 e. The van der Waals surface area contributed by atoms with E-state index in [1.165, 1.54) is 16.7 Å². The lowest BCUT2D eigenvalue weighted by Gasteiger charge is -2.17. The number of hydrogen-bond donors (Lipinski definition) is 0. The van der Waals surface area contributed by atoms with Crippen molar-refractivity contribution in [3.63, 3.8) is 0 Å². The second-order valence-corrected chi connectivity index (χ2v) is 8.11. The molecule has 0 saturated carbocycles. The van der Waals surface area contributed by atoms with E-state index in [1.807, 2.05) is 31.6 Å². The number of rotatable bonds is 8. The van der Waals surface area contributed by atoms with Crippen LogP contribution in [0.25, 0.3) is 0 Å². The SMILES string of the molecule is CC(C)c1ccc(CN(C)Cc2nnc(SCc3ccncc3)n2C)cc1. The molecular weight excluding hydrogens is 354 g/mol. The van der Waals surface area contributed by atoms with Crippen molar-refractivity contribution in [3.05, 3.63) is 71.3 Å². The minimum atomic E-state index is 0.568. The molecule has 3 rings (SSSR count). The summed E-state index contributed by atoms with van der Waals surface area (Å²) in [5.74, 6) is 2.42. The van der Waals surface area contributed by atoms with E-state index in [9.17, 15) is 0 Å². The monoisotopic (exact) mass is 381 g/mol. The topological polar surface area (TPSA) is 46.8 Å². The van der Waals surface area contributed by atoms with Crippen LogP contribution in [0.4, 0.5) is 0 Å². The molecular formula is C21H27N5S. The summed E-state index contributed by atoms with van der Waals surface area (Å²) in [4.78, 5) is 6.32. The van der Waals surface area contributed by atoms with Gasteiger partial charge in [-0.1, -0.05) is 49.9 Å². The number of thioether (sulfide) groups is 1. The molecule has 6 heteroatoms. The molecule has 5 nitrogen and oxygen atoms in total. The Kier molecular flexibility index (Phi) is 6.63. The third-order valence-corrected chi connectivity index (χ3v) is 5.64. The number of aromatic nitrogens is 4. The molecule has 0 bridgehead atoms. The smallest absolute Gasteiger partial charge is 0.191 e. The Morgan fingerprint density at radius 1 is 0.963 bits per heavy atom. The van der Waals surface area contributed by atoms with Crippen LogP contribution >= 0.6 is 11.8 Å². The lowest BCUT2D eigenvalue weighted by Crippen LogP contribution is -2.19. The lowest BCUT2D eigenvalue weighted by atomic mass is 10.0. The van der Waals surface area contributed by atoms with E-state index >= 15 is 0 Å². The van der Waals surface area contributed by atoms with Gasteiger partial charge in [0.1, 0.15) is 5.82 Å². The van der Waals surface area contributed by atoms with Gasteiger partial charge in [0.25, 0.3) is 0 Å². The zero-order chi connectivity index (χ0) is 19.2. The van der Waals surface area contributed by atoms with Crippen molar-refractivity contribution in [1.29, 1.82) is 0 Å². The van der Waals surface area contributed by atoms with E-state index in [4.69, 9.17) is 0 Å². The Morgan fingerprint density at radius 2 is 1.67 bits per heavy atom. The highest BCUT2D eigenvalue weighted by molar-refractivity contribution is 7.98. The van der Waals surface area contributed by atoms with E-state index in [1.54, 1.807) is 11.8 Å². The van der Waals surface area contributed by atoms with Gasteiger partial charge in [0.15, 0.2) is 5.16 Å². The summed E-state index contributed by atoms with van der Waals surface area (Å²) in [6.07, 6.45) is 3.64. The minimum absolute atomic E-state index is 0.568. The summed E-state index contributed by atoms with van der Waals surface area (Å²) < 4.78 is 2.09. The average molecular weight is 382 g/mol. The summed E-state index contributed by atoms with van der Waals surface area (Å²) >= 11 is 1.70. The van der Waals surface area contributed by atoms with Gasteiger partial charge < -0.3 is 4.57 Å². The van der Waals surface area contributed by atoms with Gasteiger partial charge in [-0.3, -0.25) is 9.88 Å². The van der Waals surface area contributed by atoms with Crippen LogP contribution in [-0.2, 0) is 25.9 Å². The predicted octanol–water partition coefficient (Wildman–Crippen LogP) is 4.26. The molecule has 0 atom stereocenters. The van der Waals surface area contributed by atoms with E-state index in [2.05, 4.69) is 69.8 Å². The molecule has 0 aliphatic rings. The standard InChI is InChI=1S/C21H27N5S/c1-16(2)19-7-5-17(6-8-19)13-25(3)14-20-23-24-21(26(20)4)27-15-18-9-11-22-12-10-18/h5-12,16H,13-15H2,1-4H3. The minimum Gasteiger partial charge on any atom is -0.308 e. The first-order chi connectivity index (χ1) is 13.0. The zero-order valence-corrected chi connectivity index (χ0v) is 17.3. The number of hydrogen-bond acceptors (Lipinski definition) is 5. The number of benzene rings is 1. The molecule has 0 aliphatic heterocycles. The highest BCUT2D eigenvalue weighted by Crippen LogP contribution is 2.21. The Hall–Kier alpha value is -2.18. The lowest BCUT2D eigenvalue weighted by molar-refractivity contribution is 0.306. The van der Waals surface area contributed by atoms with Crippen molar-refractivity contribution in [2.75, 3.05) is 7.05 Å². The van der Waals surface area contributed by atoms with Crippen molar-refractivity contribution in [3.8, 4) is 0 Å². The highest BCUT2D eigenvalue weighted by Gasteiger charge is 2.12. The molecule has 2 heterocycles. The molecule has 0 spiro atoms. The summed E-state index contributed by atoms with van der Waals surface area (Å²) in [6, 6.07) is 13.0.